The number of aryl methyl sites for hydroxylation is 1. The summed E-state index contributed by atoms with van der Waals surface area (Å²) in [4.78, 5) is 14.5. The second-order valence-corrected chi connectivity index (χ2v) is 5.12. The van der Waals surface area contributed by atoms with Gasteiger partial charge in [-0.2, -0.15) is 0 Å². The minimum Gasteiger partial charge on any atom is -0.456 e. The normalized spacial score (nSPS) is 19.4. The molecule has 4 nitrogen and oxygen atoms in total. The van der Waals surface area contributed by atoms with Crippen LogP contribution in [0.1, 0.15) is 49.4 Å². The molecule has 0 saturated carbocycles. The number of hydrogen-bond donors (Lipinski definition) is 1. The maximum Gasteiger partial charge on any atom is 0.289 e. The molecule has 1 aliphatic rings. The van der Waals surface area contributed by atoms with Gasteiger partial charge in [0.25, 0.3) is 5.91 Å². The predicted octanol–water partition coefficient (Wildman–Crippen LogP) is 2.45. The molecular weight excluding hydrogens is 240 g/mol. The molecule has 1 saturated heterocycles. The van der Waals surface area contributed by atoms with Gasteiger partial charge in [0.05, 0.1) is 0 Å². The van der Waals surface area contributed by atoms with E-state index in [-0.39, 0.29) is 5.91 Å². The maximum absolute atomic E-state index is 12.6. The molecule has 1 aromatic rings. The van der Waals surface area contributed by atoms with Crippen LogP contribution in [0.25, 0.3) is 0 Å². The van der Waals surface area contributed by atoms with Crippen molar-refractivity contribution in [2.24, 2.45) is 0 Å². The van der Waals surface area contributed by atoms with Gasteiger partial charge in [-0.15, -0.1) is 0 Å². The Bertz CT molecular complexity index is 408. The summed E-state index contributed by atoms with van der Waals surface area (Å²) in [6.45, 7) is 6.89. The van der Waals surface area contributed by atoms with E-state index in [1.165, 1.54) is 0 Å². The van der Waals surface area contributed by atoms with Crippen LogP contribution in [-0.2, 0) is 6.42 Å². The Morgan fingerprint density at radius 2 is 2.32 bits per heavy atom. The fourth-order valence-electron chi connectivity index (χ4n) is 2.61. The number of carbonyl (C=O) groups is 1. The molecule has 106 valence electrons. The lowest BCUT2D eigenvalue weighted by Gasteiger charge is -2.34. The highest BCUT2D eigenvalue weighted by Gasteiger charge is 2.27. The quantitative estimate of drug-likeness (QED) is 0.888. The molecule has 1 aromatic heterocycles. The average Bonchev–Trinajstić information content (AvgIpc) is 2.94. The maximum atomic E-state index is 12.6. The monoisotopic (exact) mass is 264 g/mol. The van der Waals surface area contributed by atoms with E-state index in [0.717, 1.165) is 51.1 Å². The zero-order chi connectivity index (χ0) is 13.7. The van der Waals surface area contributed by atoms with Crippen LogP contribution in [0, 0.1) is 0 Å². The van der Waals surface area contributed by atoms with E-state index in [2.05, 4.69) is 12.2 Å². The van der Waals surface area contributed by atoms with Crippen LogP contribution in [0.3, 0.4) is 0 Å². The number of nitrogens with one attached hydrogen (secondary N) is 1. The molecule has 0 bridgehead atoms. The van der Waals surface area contributed by atoms with E-state index in [1.54, 1.807) is 6.07 Å². The third kappa shape index (κ3) is 3.38. The Balaban J connectivity index is 2.10. The number of amides is 1. The number of nitrogens with zero attached hydrogens (tertiary/aromatic N) is 1. The summed E-state index contributed by atoms with van der Waals surface area (Å²) in [5, 5.41) is 3.37. The predicted molar refractivity (Wildman–Crippen MR) is 75.3 cm³/mol. The molecule has 0 aromatic carbocycles. The number of rotatable bonds is 5. The first-order valence-corrected chi connectivity index (χ1v) is 7.36. The van der Waals surface area contributed by atoms with Crippen molar-refractivity contribution in [3.63, 3.8) is 0 Å². The highest BCUT2D eigenvalue weighted by Crippen LogP contribution is 2.17. The van der Waals surface area contributed by atoms with E-state index in [9.17, 15) is 4.79 Å². The standard InChI is InChI=1S/C15H24N2O2/c1-3-10-17(12-6-5-9-16-11-12)15(18)14-8-7-13(4-2)19-14/h7-8,12,16H,3-6,9-11H2,1-2H3. The molecule has 2 heterocycles. The van der Waals surface area contributed by atoms with Crippen LogP contribution >= 0.6 is 0 Å². The van der Waals surface area contributed by atoms with Crippen molar-refractivity contribution in [3.05, 3.63) is 23.7 Å². The van der Waals surface area contributed by atoms with Gasteiger partial charge in [0.15, 0.2) is 5.76 Å². The molecule has 19 heavy (non-hydrogen) atoms. The van der Waals surface area contributed by atoms with Crippen molar-refractivity contribution in [1.29, 1.82) is 0 Å². The molecule has 0 radical (unpaired) electrons. The third-order valence-corrected chi connectivity index (χ3v) is 3.66. The summed E-state index contributed by atoms with van der Waals surface area (Å²) >= 11 is 0. The number of piperidine rings is 1. The molecule has 1 unspecified atom stereocenters. The molecule has 4 heteroatoms. The molecule has 0 aliphatic carbocycles. The van der Waals surface area contributed by atoms with Gasteiger partial charge in [0.2, 0.25) is 0 Å². The molecule has 2 rings (SSSR count). The van der Waals surface area contributed by atoms with Gasteiger partial charge in [-0.1, -0.05) is 13.8 Å². The van der Waals surface area contributed by atoms with Crippen LogP contribution in [0.15, 0.2) is 16.5 Å². The van der Waals surface area contributed by atoms with E-state index in [0.29, 0.717) is 11.8 Å². The van der Waals surface area contributed by atoms with Crippen molar-refractivity contribution < 1.29 is 9.21 Å². The Kier molecular flexibility index (Phi) is 5.02. The smallest absolute Gasteiger partial charge is 0.289 e. The zero-order valence-electron chi connectivity index (χ0n) is 11.9. The minimum absolute atomic E-state index is 0.0373. The first-order chi connectivity index (χ1) is 9.26. The van der Waals surface area contributed by atoms with Gasteiger partial charge >= 0.3 is 0 Å². The summed E-state index contributed by atoms with van der Waals surface area (Å²) < 4.78 is 5.60. The lowest BCUT2D eigenvalue weighted by molar-refractivity contribution is 0.0614. The highest BCUT2D eigenvalue weighted by atomic mass is 16.4. The third-order valence-electron chi connectivity index (χ3n) is 3.66. The van der Waals surface area contributed by atoms with Gasteiger partial charge in [0.1, 0.15) is 5.76 Å². The van der Waals surface area contributed by atoms with Gasteiger partial charge in [-0.05, 0) is 37.9 Å². The molecule has 1 N–H and O–H groups in total. The molecular formula is C15H24N2O2. The van der Waals surface area contributed by atoms with Gasteiger partial charge in [0, 0.05) is 25.6 Å². The average molecular weight is 264 g/mol. The highest BCUT2D eigenvalue weighted by molar-refractivity contribution is 5.91. The van der Waals surface area contributed by atoms with E-state index >= 15 is 0 Å². The number of hydrogen-bond acceptors (Lipinski definition) is 3. The summed E-state index contributed by atoms with van der Waals surface area (Å²) in [7, 11) is 0. The Labute approximate surface area is 115 Å². The SMILES string of the molecule is CCCN(C(=O)c1ccc(CC)o1)C1CCCNC1. The summed E-state index contributed by atoms with van der Waals surface area (Å²) in [6.07, 6.45) is 4.02. The van der Waals surface area contributed by atoms with E-state index < -0.39 is 0 Å². The zero-order valence-corrected chi connectivity index (χ0v) is 11.9. The number of carbonyl (C=O) groups excluding carboxylic acids is 1. The van der Waals surface area contributed by atoms with Crippen molar-refractivity contribution in [2.75, 3.05) is 19.6 Å². The topological polar surface area (TPSA) is 45.5 Å². The Morgan fingerprint density at radius 3 is 2.89 bits per heavy atom. The largest absolute Gasteiger partial charge is 0.456 e. The van der Waals surface area contributed by atoms with Gasteiger partial charge in [-0.3, -0.25) is 4.79 Å². The van der Waals surface area contributed by atoms with Gasteiger partial charge < -0.3 is 14.6 Å². The van der Waals surface area contributed by atoms with Crippen LogP contribution in [-0.4, -0.2) is 36.5 Å². The van der Waals surface area contributed by atoms with Crippen molar-refractivity contribution in [1.82, 2.24) is 10.2 Å². The van der Waals surface area contributed by atoms with Crippen molar-refractivity contribution in [3.8, 4) is 0 Å². The van der Waals surface area contributed by atoms with E-state index in [1.807, 2.05) is 17.9 Å². The Morgan fingerprint density at radius 1 is 1.47 bits per heavy atom. The molecule has 1 fully saturated rings. The molecule has 1 atom stereocenters. The first-order valence-electron chi connectivity index (χ1n) is 7.36. The fourth-order valence-corrected chi connectivity index (χ4v) is 2.61. The number of furan rings is 1. The van der Waals surface area contributed by atoms with Crippen LogP contribution in [0.5, 0.6) is 0 Å². The lowest BCUT2D eigenvalue weighted by atomic mass is 10.1. The minimum atomic E-state index is 0.0373. The molecule has 1 aliphatic heterocycles. The Hall–Kier alpha value is -1.29. The lowest BCUT2D eigenvalue weighted by Crippen LogP contribution is -2.48. The second-order valence-electron chi connectivity index (χ2n) is 5.12. The van der Waals surface area contributed by atoms with Crippen LogP contribution in [0.4, 0.5) is 0 Å². The second kappa shape index (κ2) is 6.75. The summed E-state index contributed by atoms with van der Waals surface area (Å²) in [5.74, 6) is 1.40. The molecule has 0 spiro atoms. The summed E-state index contributed by atoms with van der Waals surface area (Å²) in [5.41, 5.74) is 0. The van der Waals surface area contributed by atoms with E-state index in [4.69, 9.17) is 4.42 Å². The molecule has 1 amide bonds. The van der Waals surface area contributed by atoms with Crippen LogP contribution < -0.4 is 5.32 Å². The van der Waals surface area contributed by atoms with Crippen LogP contribution in [0.2, 0.25) is 0 Å². The fraction of sp³-hybridized carbons (Fsp3) is 0.667. The van der Waals surface area contributed by atoms with Gasteiger partial charge in [-0.25, -0.2) is 0 Å². The summed E-state index contributed by atoms with van der Waals surface area (Å²) in [6, 6.07) is 4.01. The first kappa shape index (κ1) is 14.1. The van der Waals surface area contributed by atoms with Crippen molar-refractivity contribution >= 4 is 5.91 Å². The van der Waals surface area contributed by atoms with Crippen molar-refractivity contribution in [2.45, 2.75) is 45.6 Å².